The molecule has 0 fully saturated rings. The highest BCUT2D eigenvalue weighted by Gasteiger charge is 2.10. The Kier molecular flexibility index (Phi) is 2.59. The van der Waals surface area contributed by atoms with Crippen molar-refractivity contribution < 1.29 is 14.6 Å². The fourth-order valence-electron chi connectivity index (χ4n) is 1.49. The van der Waals surface area contributed by atoms with Crippen LogP contribution in [0.5, 0.6) is 5.88 Å². The summed E-state index contributed by atoms with van der Waals surface area (Å²) >= 11 is 0. The van der Waals surface area contributed by atoms with Gasteiger partial charge < -0.3 is 14.4 Å². The summed E-state index contributed by atoms with van der Waals surface area (Å²) in [5.74, 6) is 0.284. The van der Waals surface area contributed by atoms with Crippen LogP contribution in [0.25, 0.3) is 11.3 Å². The van der Waals surface area contributed by atoms with E-state index in [2.05, 4.69) is 9.72 Å². The molecule has 0 saturated heterocycles. The number of ether oxygens (including phenoxy) is 1. The molecule has 5 nitrogen and oxygen atoms in total. The molecule has 0 aliphatic heterocycles. The molecule has 5 heteroatoms. The first-order valence-corrected chi connectivity index (χ1v) is 4.65. The standard InChI is InChI=1S/C11H10N2O3/c1-13-9(8-3-2-6-12-7-8)4-5-10(13)16-11(14)15/h2-7H,1H3,(H,14,15). The maximum Gasteiger partial charge on any atom is 0.512 e. The Labute approximate surface area is 91.9 Å². The van der Waals surface area contributed by atoms with E-state index in [1.54, 1.807) is 36.1 Å². The van der Waals surface area contributed by atoms with E-state index < -0.39 is 6.16 Å². The lowest BCUT2D eigenvalue weighted by atomic mass is 10.2. The lowest BCUT2D eigenvalue weighted by Gasteiger charge is -2.05. The molecule has 0 atom stereocenters. The van der Waals surface area contributed by atoms with Gasteiger partial charge in [-0.1, -0.05) is 0 Å². The summed E-state index contributed by atoms with van der Waals surface area (Å²) in [5, 5.41) is 8.52. The molecule has 16 heavy (non-hydrogen) atoms. The Balaban J connectivity index is 2.37. The first-order chi connectivity index (χ1) is 7.68. The number of hydrogen-bond donors (Lipinski definition) is 1. The van der Waals surface area contributed by atoms with E-state index in [1.807, 2.05) is 12.1 Å². The van der Waals surface area contributed by atoms with Gasteiger partial charge in [0.1, 0.15) is 0 Å². The summed E-state index contributed by atoms with van der Waals surface area (Å²) in [6, 6.07) is 7.11. The van der Waals surface area contributed by atoms with Crippen molar-refractivity contribution in [1.29, 1.82) is 0 Å². The van der Waals surface area contributed by atoms with E-state index in [-0.39, 0.29) is 5.88 Å². The van der Waals surface area contributed by atoms with Crippen molar-refractivity contribution in [3.63, 3.8) is 0 Å². The number of hydrogen-bond acceptors (Lipinski definition) is 3. The van der Waals surface area contributed by atoms with Crippen LogP contribution in [0.1, 0.15) is 0 Å². The summed E-state index contributed by atoms with van der Waals surface area (Å²) < 4.78 is 6.26. The van der Waals surface area contributed by atoms with Crippen molar-refractivity contribution in [3.8, 4) is 17.1 Å². The number of nitrogens with zero attached hydrogens (tertiary/aromatic N) is 2. The largest absolute Gasteiger partial charge is 0.512 e. The average Bonchev–Trinajstić information content (AvgIpc) is 2.61. The quantitative estimate of drug-likeness (QED) is 0.784. The molecule has 2 aromatic rings. The first-order valence-electron chi connectivity index (χ1n) is 4.65. The molecule has 0 radical (unpaired) electrons. The molecule has 2 aromatic heterocycles. The smallest absolute Gasteiger partial charge is 0.449 e. The van der Waals surface area contributed by atoms with Gasteiger partial charge in [0.05, 0.1) is 5.69 Å². The van der Waals surface area contributed by atoms with Gasteiger partial charge in [-0.05, 0) is 18.2 Å². The Morgan fingerprint density at radius 3 is 2.88 bits per heavy atom. The third-order valence-electron chi connectivity index (χ3n) is 2.22. The van der Waals surface area contributed by atoms with Crippen molar-refractivity contribution >= 4 is 6.16 Å². The van der Waals surface area contributed by atoms with E-state index in [4.69, 9.17) is 5.11 Å². The maximum absolute atomic E-state index is 10.4. The molecule has 0 aromatic carbocycles. The van der Waals surface area contributed by atoms with Gasteiger partial charge >= 0.3 is 6.16 Å². The second-order valence-electron chi connectivity index (χ2n) is 3.23. The fourth-order valence-corrected chi connectivity index (χ4v) is 1.49. The van der Waals surface area contributed by atoms with Crippen molar-refractivity contribution in [3.05, 3.63) is 36.7 Å². The molecule has 2 rings (SSSR count). The summed E-state index contributed by atoms with van der Waals surface area (Å²) in [4.78, 5) is 14.4. The summed E-state index contributed by atoms with van der Waals surface area (Å²) in [6.45, 7) is 0. The number of carbonyl (C=O) groups is 1. The number of carboxylic acid groups (broad SMARTS) is 1. The minimum Gasteiger partial charge on any atom is -0.449 e. The summed E-state index contributed by atoms with van der Waals surface area (Å²) in [7, 11) is 1.74. The normalized spacial score (nSPS) is 10.1. The third kappa shape index (κ3) is 1.88. The second-order valence-corrected chi connectivity index (χ2v) is 3.23. The molecule has 1 N–H and O–H groups in total. The van der Waals surface area contributed by atoms with Crippen LogP contribution in [-0.2, 0) is 7.05 Å². The molecule has 0 amide bonds. The van der Waals surface area contributed by atoms with Crippen LogP contribution >= 0.6 is 0 Å². The van der Waals surface area contributed by atoms with E-state index >= 15 is 0 Å². The number of pyridine rings is 1. The first kappa shape index (κ1) is 10.2. The molecule has 0 unspecified atom stereocenters. The highest BCUT2D eigenvalue weighted by atomic mass is 16.7. The molecule has 0 aliphatic rings. The highest BCUT2D eigenvalue weighted by molar-refractivity contribution is 5.64. The van der Waals surface area contributed by atoms with Gasteiger partial charge in [-0.2, -0.15) is 0 Å². The Hall–Kier alpha value is -2.30. The molecule has 2 heterocycles. The molecular weight excluding hydrogens is 208 g/mol. The van der Waals surface area contributed by atoms with Gasteiger partial charge in [-0.15, -0.1) is 0 Å². The predicted octanol–water partition coefficient (Wildman–Crippen LogP) is 2.14. The van der Waals surface area contributed by atoms with E-state index in [0.717, 1.165) is 11.3 Å². The lowest BCUT2D eigenvalue weighted by Crippen LogP contribution is -2.06. The minimum absolute atomic E-state index is 0.284. The monoisotopic (exact) mass is 218 g/mol. The van der Waals surface area contributed by atoms with Crippen LogP contribution in [0.4, 0.5) is 4.79 Å². The molecule has 0 aliphatic carbocycles. The van der Waals surface area contributed by atoms with Gasteiger partial charge in [0.25, 0.3) is 0 Å². The number of rotatable bonds is 2. The van der Waals surface area contributed by atoms with Crippen LogP contribution in [0.3, 0.4) is 0 Å². The zero-order valence-electron chi connectivity index (χ0n) is 8.62. The predicted molar refractivity (Wildman–Crippen MR) is 57.3 cm³/mol. The molecule has 0 saturated carbocycles. The van der Waals surface area contributed by atoms with Crippen molar-refractivity contribution in [2.24, 2.45) is 7.05 Å². The molecule has 0 bridgehead atoms. The van der Waals surface area contributed by atoms with Crippen LogP contribution < -0.4 is 4.74 Å². The maximum atomic E-state index is 10.4. The summed E-state index contributed by atoms with van der Waals surface area (Å²) in [5.41, 5.74) is 1.76. The molecule has 82 valence electrons. The van der Waals surface area contributed by atoms with E-state index in [9.17, 15) is 4.79 Å². The second kappa shape index (κ2) is 4.06. The zero-order chi connectivity index (χ0) is 11.5. The lowest BCUT2D eigenvalue weighted by molar-refractivity contribution is 0.141. The Bertz CT molecular complexity index is 505. The SMILES string of the molecule is Cn1c(OC(=O)O)ccc1-c1cccnc1. The van der Waals surface area contributed by atoms with E-state index in [0.29, 0.717) is 0 Å². The molecule has 0 spiro atoms. The Morgan fingerprint density at radius 2 is 2.25 bits per heavy atom. The van der Waals surface area contributed by atoms with Gasteiger partial charge in [0.2, 0.25) is 5.88 Å². The number of aromatic nitrogens is 2. The zero-order valence-corrected chi connectivity index (χ0v) is 8.62. The van der Waals surface area contributed by atoms with Crippen LogP contribution in [0.2, 0.25) is 0 Å². The van der Waals surface area contributed by atoms with Gasteiger partial charge in [-0.25, -0.2) is 4.79 Å². The minimum atomic E-state index is -1.32. The average molecular weight is 218 g/mol. The van der Waals surface area contributed by atoms with Crippen LogP contribution in [0.15, 0.2) is 36.7 Å². The molecular formula is C11H10N2O3. The van der Waals surface area contributed by atoms with Crippen LogP contribution in [0, 0.1) is 0 Å². The van der Waals surface area contributed by atoms with Crippen molar-refractivity contribution in [2.45, 2.75) is 0 Å². The fraction of sp³-hybridized carbons (Fsp3) is 0.0909. The summed E-state index contributed by atoms with van der Waals surface area (Å²) in [6.07, 6.45) is 2.07. The van der Waals surface area contributed by atoms with E-state index in [1.165, 1.54) is 0 Å². The third-order valence-corrected chi connectivity index (χ3v) is 2.22. The van der Waals surface area contributed by atoms with Gasteiger partial charge in [-0.3, -0.25) is 4.98 Å². The van der Waals surface area contributed by atoms with Gasteiger partial charge in [0, 0.05) is 31.1 Å². The van der Waals surface area contributed by atoms with Crippen molar-refractivity contribution in [1.82, 2.24) is 9.55 Å². The van der Waals surface area contributed by atoms with Crippen LogP contribution in [-0.4, -0.2) is 20.8 Å². The highest BCUT2D eigenvalue weighted by Crippen LogP contribution is 2.24. The topological polar surface area (TPSA) is 64.3 Å². The van der Waals surface area contributed by atoms with Crippen molar-refractivity contribution in [2.75, 3.05) is 0 Å². The Morgan fingerprint density at radius 1 is 1.44 bits per heavy atom. The van der Waals surface area contributed by atoms with Gasteiger partial charge in [0.15, 0.2) is 0 Å².